The van der Waals surface area contributed by atoms with Crippen molar-refractivity contribution in [3.63, 3.8) is 0 Å². The number of aromatic hydroxyl groups is 1. The molecule has 1 aromatic rings. The van der Waals surface area contributed by atoms with E-state index in [4.69, 9.17) is 22.7 Å². The summed E-state index contributed by atoms with van der Waals surface area (Å²) in [5, 5.41) is 9.74. The molecule has 2 rings (SSSR count). The van der Waals surface area contributed by atoms with E-state index in [1.807, 2.05) is 20.8 Å². The quantitative estimate of drug-likeness (QED) is 0.815. The number of nitrogens with two attached hydrogens (primary N) is 1. The molecule has 0 aliphatic carbocycles. The number of phenols is 1. The minimum absolute atomic E-state index is 0.0867. The van der Waals surface area contributed by atoms with Crippen LogP contribution in [0.1, 0.15) is 33.6 Å². The first-order valence-corrected chi connectivity index (χ1v) is 7.88. The molecule has 5 nitrogen and oxygen atoms in total. The predicted octanol–water partition coefficient (Wildman–Crippen LogP) is 2.60. The Hall–Kier alpha value is -1.82. The average molecular weight is 322 g/mol. The molecule has 0 saturated carbocycles. The topological polar surface area (TPSA) is 75.8 Å². The summed E-state index contributed by atoms with van der Waals surface area (Å²) in [6.07, 6.45) is 1.14. The lowest BCUT2D eigenvalue weighted by atomic mass is 9.92. The molecule has 1 unspecified atom stereocenters. The van der Waals surface area contributed by atoms with Crippen LogP contribution >= 0.6 is 12.2 Å². The molecule has 1 atom stereocenters. The maximum atomic E-state index is 13.0. The number of fused-ring (bicyclic) bond motifs is 1. The zero-order chi connectivity index (χ0) is 16.5. The van der Waals surface area contributed by atoms with Gasteiger partial charge in [-0.25, -0.2) is 0 Å². The van der Waals surface area contributed by atoms with Crippen molar-refractivity contribution in [2.24, 2.45) is 11.7 Å². The molecule has 0 spiro atoms. The van der Waals surface area contributed by atoms with Gasteiger partial charge >= 0.3 is 0 Å². The second-order valence-corrected chi connectivity index (χ2v) is 6.15. The van der Waals surface area contributed by atoms with Crippen LogP contribution < -0.4 is 15.4 Å². The number of benzene rings is 1. The summed E-state index contributed by atoms with van der Waals surface area (Å²) >= 11 is 5.02. The van der Waals surface area contributed by atoms with Crippen molar-refractivity contribution in [3.05, 3.63) is 18.2 Å². The minimum Gasteiger partial charge on any atom is -0.508 e. The lowest BCUT2D eigenvalue weighted by Gasteiger charge is -2.42. The molecular weight excluding hydrogens is 300 g/mol. The van der Waals surface area contributed by atoms with Crippen molar-refractivity contribution in [2.45, 2.75) is 39.2 Å². The monoisotopic (exact) mass is 322 g/mol. The predicted molar refractivity (Wildman–Crippen MR) is 90.4 cm³/mol. The first kappa shape index (κ1) is 16.5. The molecule has 6 heteroatoms. The highest BCUT2D eigenvalue weighted by molar-refractivity contribution is 7.80. The molecule has 3 N–H and O–H groups in total. The number of amides is 1. The Balaban J connectivity index is 2.50. The molecule has 1 aliphatic heterocycles. The van der Waals surface area contributed by atoms with Crippen LogP contribution in [0.5, 0.6) is 11.5 Å². The second kappa shape index (κ2) is 6.12. The number of carbonyl (C=O) groups is 1. The third-order valence-electron chi connectivity index (χ3n) is 4.26. The summed E-state index contributed by atoms with van der Waals surface area (Å²) in [5.41, 5.74) is 5.38. The Morgan fingerprint density at radius 3 is 2.64 bits per heavy atom. The van der Waals surface area contributed by atoms with E-state index in [2.05, 4.69) is 0 Å². The molecule has 0 saturated heterocycles. The first-order valence-electron chi connectivity index (χ1n) is 7.48. The number of ether oxygens (including phenoxy) is 1. The molecular formula is C16H22N2O3S. The van der Waals surface area contributed by atoms with Gasteiger partial charge < -0.3 is 20.5 Å². The van der Waals surface area contributed by atoms with Gasteiger partial charge in [-0.3, -0.25) is 4.79 Å². The summed E-state index contributed by atoms with van der Waals surface area (Å²) in [5.74, 6) is 0.442. The van der Waals surface area contributed by atoms with Gasteiger partial charge in [0.05, 0.1) is 10.7 Å². The smallest absolute Gasteiger partial charge is 0.271 e. The SMILES string of the molecule is CCC1(CC)Oc2ccc(O)cc2N(CC(C)C(N)=S)C1=O. The molecule has 1 amide bonds. The van der Waals surface area contributed by atoms with Crippen molar-refractivity contribution in [2.75, 3.05) is 11.4 Å². The summed E-state index contributed by atoms with van der Waals surface area (Å²) < 4.78 is 5.99. The van der Waals surface area contributed by atoms with Gasteiger partial charge in [-0.05, 0) is 25.0 Å². The number of rotatable bonds is 5. The lowest BCUT2D eigenvalue weighted by molar-refractivity contribution is -0.136. The molecule has 0 fully saturated rings. The Morgan fingerprint density at radius 1 is 1.45 bits per heavy atom. The van der Waals surface area contributed by atoms with E-state index in [0.717, 1.165) is 0 Å². The van der Waals surface area contributed by atoms with E-state index in [9.17, 15) is 9.90 Å². The van der Waals surface area contributed by atoms with Crippen molar-refractivity contribution in [1.29, 1.82) is 0 Å². The number of phenolic OH excluding ortho intramolecular Hbond substituents is 1. The number of carbonyl (C=O) groups excluding carboxylic acids is 1. The number of anilines is 1. The molecule has 0 radical (unpaired) electrons. The van der Waals surface area contributed by atoms with Gasteiger partial charge in [0.2, 0.25) is 0 Å². The third-order valence-corrected chi connectivity index (χ3v) is 4.66. The third kappa shape index (κ3) is 2.75. The molecule has 0 bridgehead atoms. The molecule has 0 aromatic heterocycles. The zero-order valence-electron chi connectivity index (χ0n) is 13.1. The summed E-state index contributed by atoms with van der Waals surface area (Å²) in [7, 11) is 0. The van der Waals surface area contributed by atoms with Gasteiger partial charge in [-0.2, -0.15) is 0 Å². The van der Waals surface area contributed by atoms with E-state index in [1.165, 1.54) is 6.07 Å². The fourth-order valence-electron chi connectivity index (χ4n) is 2.65. The number of hydrogen-bond acceptors (Lipinski definition) is 4. The maximum absolute atomic E-state index is 13.0. The minimum atomic E-state index is -0.875. The Morgan fingerprint density at radius 2 is 2.09 bits per heavy atom. The Kier molecular flexibility index (Phi) is 4.60. The van der Waals surface area contributed by atoms with Crippen molar-refractivity contribution < 1.29 is 14.6 Å². The van der Waals surface area contributed by atoms with E-state index >= 15 is 0 Å². The molecule has 120 valence electrons. The van der Waals surface area contributed by atoms with Crippen LogP contribution in [-0.2, 0) is 4.79 Å². The van der Waals surface area contributed by atoms with Crippen LogP contribution in [0.2, 0.25) is 0 Å². The number of hydrogen-bond donors (Lipinski definition) is 2. The zero-order valence-corrected chi connectivity index (χ0v) is 13.9. The fourth-order valence-corrected chi connectivity index (χ4v) is 2.73. The van der Waals surface area contributed by atoms with Crippen molar-refractivity contribution >= 4 is 28.8 Å². The van der Waals surface area contributed by atoms with Gasteiger partial charge in [-0.1, -0.05) is 33.0 Å². The fraction of sp³-hybridized carbons (Fsp3) is 0.500. The van der Waals surface area contributed by atoms with Gasteiger partial charge in [0, 0.05) is 18.5 Å². The van der Waals surface area contributed by atoms with Gasteiger partial charge in [-0.15, -0.1) is 0 Å². The summed E-state index contributed by atoms with van der Waals surface area (Å²) in [6, 6.07) is 4.78. The van der Waals surface area contributed by atoms with Crippen molar-refractivity contribution in [3.8, 4) is 11.5 Å². The van der Waals surface area contributed by atoms with Crippen molar-refractivity contribution in [1.82, 2.24) is 0 Å². The standard InChI is InChI=1S/C16H22N2O3S/c1-4-16(5-2)15(20)18(9-10(3)14(17)22)12-8-11(19)6-7-13(12)21-16/h6-8,10,19H,4-5,9H2,1-3H3,(H2,17,22). The summed E-state index contributed by atoms with van der Waals surface area (Å²) in [6.45, 7) is 6.12. The van der Waals surface area contributed by atoms with Crippen LogP contribution in [-0.4, -0.2) is 28.1 Å². The highest BCUT2D eigenvalue weighted by Crippen LogP contribution is 2.42. The maximum Gasteiger partial charge on any atom is 0.271 e. The van der Waals surface area contributed by atoms with Crippen LogP contribution in [0.15, 0.2) is 18.2 Å². The largest absolute Gasteiger partial charge is 0.508 e. The van der Waals surface area contributed by atoms with Crippen LogP contribution in [0.4, 0.5) is 5.69 Å². The molecule has 1 aromatic carbocycles. The van der Waals surface area contributed by atoms with Gasteiger partial charge in [0.25, 0.3) is 5.91 Å². The first-order chi connectivity index (χ1) is 10.3. The molecule has 1 aliphatic rings. The Labute approximate surface area is 136 Å². The van der Waals surface area contributed by atoms with E-state index < -0.39 is 5.60 Å². The summed E-state index contributed by atoms with van der Waals surface area (Å²) in [4.78, 5) is 15.0. The van der Waals surface area contributed by atoms with Gasteiger partial charge in [0.1, 0.15) is 11.5 Å². The van der Waals surface area contributed by atoms with E-state index in [0.29, 0.717) is 35.8 Å². The number of nitrogens with zero attached hydrogens (tertiary/aromatic N) is 1. The number of thiocarbonyl (C=S) groups is 1. The second-order valence-electron chi connectivity index (χ2n) is 5.67. The van der Waals surface area contributed by atoms with Gasteiger partial charge in [0.15, 0.2) is 5.60 Å². The van der Waals surface area contributed by atoms with Crippen LogP contribution in [0.25, 0.3) is 0 Å². The highest BCUT2D eigenvalue weighted by Gasteiger charge is 2.46. The van der Waals surface area contributed by atoms with Crippen LogP contribution in [0.3, 0.4) is 0 Å². The van der Waals surface area contributed by atoms with Crippen LogP contribution in [0, 0.1) is 5.92 Å². The van der Waals surface area contributed by atoms with E-state index in [1.54, 1.807) is 17.0 Å². The average Bonchev–Trinajstić information content (AvgIpc) is 2.50. The normalized spacial score (nSPS) is 17.6. The Bertz CT molecular complexity index is 599. The molecule has 22 heavy (non-hydrogen) atoms. The highest BCUT2D eigenvalue weighted by atomic mass is 32.1. The molecule has 1 heterocycles. The van der Waals surface area contributed by atoms with E-state index in [-0.39, 0.29) is 17.6 Å². The lowest BCUT2D eigenvalue weighted by Crippen LogP contribution is -2.57.